The summed E-state index contributed by atoms with van der Waals surface area (Å²) in [6, 6.07) is 0. The third-order valence-electron chi connectivity index (χ3n) is 6.27. The van der Waals surface area contributed by atoms with E-state index >= 15 is 0 Å². The van der Waals surface area contributed by atoms with Crippen LogP contribution in [0.25, 0.3) is 0 Å². The molecule has 2 saturated heterocycles. The van der Waals surface area contributed by atoms with Crippen molar-refractivity contribution in [2.75, 3.05) is 19.8 Å². The van der Waals surface area contributed by atoms with E-state index in [1.807, 2.05) is 6.08 Å². The Balaban J connectivity index is 1.94. The van der Waals surface area contributed by atoms with Crippen LogP contribution in [0.5, 0.6) is 0 Å². The molecule has 0 aromatic heterocycles. The van der Waals surface area contributed by atoms with Gasteiger partial charge in [0.25, 0.3) is 0 Å². The maximum atomic E-state index is 11.9. The van der Waals surface area contributed by atoms with Crippen molar-refractivity contribution in [2.45, 2.75) is 95.5 Å². The van der Waals surface area contributed by atoms with Crippen LogP contribution in [0.3, 0.4) is 0 Å². The normalized spacial score (nSPS) is 34.6. The molecule has 0 aromatic carbocycles. The van der Waals surface area contributed by atoms with Gasteiger partial charge in [-0.05, 0) is 24.1 Å². The van der Waals surface area contributed by atoms with Gasteiger partial charge < -0.3 is 33.3 Å². The number of rotatable bonds is 3. The van der Waals surface area contributed by atoms with Crippen LogP contribution < -0.4 is 0 Å². The second-order valence-electron chi connectivity index (χ2n) is 10.8. The molecule has 32 heavy (non-hydrogen) atoms. The third-order valence-corrected chi connectivity index (χ3v) is 11.4. The van der Waals surface area contributed by atoms with Crippen molar-refractivity contribution in [3.63, 3.8) is 0 Å². The Labute approximate surface area is 191 Å². The van der Waals surface area contributed by atoms with E-state index < -0.39 is 45.1 Å². The Morgan fingerprint density at radius 2 is 1.91 bits per heavy atom. The fourth-order valence-electron chi connectivity index (χ4n) is 5.03. The third kappa shape index (κ3) is 4.89. The van der Waals surface area contributed by atoms with Crippen LogP contribution in [0.1, 0.15) is 54.9 Å². The molecule has 9 heteroatoms. The first-order valence-electron chi connectivity index (χ1n) is 11.3. The van der Waals surface area contributed by atoms with Crippen molar-refractivity contribution in [1.29, 1.82) is 0 Å². The Morgan fingerprint density at radius 3 is 2.47 bits per heavy atom. The Bertz CT molecular complexity index is 749. The van der Waals surface area contributed by atoms with Crippen LogP contribution in [-0.4, -0.2) is 75.1 Å². The molecular formula is C23H38O8Si. The predicted octanol–water partition coefficient (Wildman–Crippen LogP) is 2.73. The van der Waals surface area contributed by atoms with Gasteiger partial charge in [-0.15, -0.1) is 0 Å². The van der Waals surface area contributed by atoms with Crippen molar-refractivity contribution < 1.29 is 38.1 Å². The maximum Gasteiger partial charge on any atom is 0.350 e. The van der Waals surface area contributed by atoms with Gasteiger partial charge >= 0.3 is 14.5 Å². The highest BCUT2D eigenvalue weighted by atomic mass is 28.4. The lowest BCUT2D eigenvalue weighted by Crippen LogP contribution is -2.66. The molecule has 0 aliphatic carbocycles. The van der Waals surface area contributed by atoms with Crippen LogP contribution in [0, 0.1) is 0 Å². The fraction of sp³-hybridized carbons (Fsp3) is 0.783. The Hall–Kier alpha value is -1.07. The molecule has 182 valence electrons. The molecular weight excluding hydrogens is 432 g/mol. The maximum absolute atomic E-state index is 11.9. The number of fused-ring (bicyclic) bond motifs is 1. The second-order valence-corrected chi connectivity index (χ2v) is 15.6. The molecule has 0 radical (unpaired) electrons. The number of aliphatic hydroxyl groups is 2. The van der Waals surface area contributed by atoms with Crippen LogP contribution >= 0.6 is 0 Å². The van der Waals surface area contributed by atoms with Gasteiger partial charge in [-0.25, -0.2) is 0 Å². The first kappa shape index (κ1) is 25.5. The van der Waals surface area contributed by atoms with E-state index in [2.05, 4.69) is 41.5 Å². The van der Waals surface area contributed by atoms with Gasteiger partial charge in [0.2, 0.25) is 0 Å². The topological polar surface area (TPSA) is 104 Å². The number of aliphatic hydroxyl groups excluding tert-OH is 2. The summed E-state index contributed by atoms with van der Waals surface area (Å²) in [5, 5.41) is 19.5. The minimum atomic E-state index is -2.79. The lowest BCUT2D eigenvalue weighted by atomic mass is 9.96. The molecule has 3 aliphatic rings. The quantitative estimate of drug-likeness (QED) is 0.369. The molecule has 0 saturated carbocycles. The van der Waals surface area contributed by atoms with E-state index in [0.717, 1.165) is 5.57 Å². The van der Waals surface area contributed by atoms with Gasteiger partial charge in [0, 0.05) is 17.0 Å². The number of hydrogen-bond donors (Lipinski definition) is 2. The van der Waals surface area contributed by atoms with Gasteiger partial charge in [-0.1, -0.05) is 41.5 Å². The standard InChI is InChI=1S/C23H38O8Si/c1-14(25)29-17-11-16(10-15-8-9-27-18(12-24)20(15)26)30-19-13-28-32(22(2,3)4,23(5,6)7)31-21(17)19/h10-11,16,18-21,24,26H,8-9,12-13H2,1-7H3/b15-10+/t16-,18+,19+,20-,21-/m0/s1. The molecule has 3 aliphatic heterocycles. The van der Waals surface area contributed by atoms with E-state index in [1.165, 1.54) is 6.92 Å². The van der Waals surface area contributed by atoms with Gasteiger partial charge in [0.1, 0.15) is 30.2 Å². The molecule has 5 atom stereocenters. The molecule has 8 nitrogen and oxygen atoms in total. The average molecular weight is 471 g/mol. The largest absolute Gasteiger partial charge is 0.429 e. The molecule has 0 bridgehead atoms. The molecule has 0 amide bonds. The first-order chi connectivity index (χ1) is 14.8. The highest BCUT2D eigenvalue weighted by molar-refractivity contribution is 6.73. The van der Waals surface area contributed by atoms with Gasteiger partial charge in [0.15, 0.2) is 0 Å². The molecule has 2 fully saturated rings. The Morgan fingerprint density at radius 1 is 1.25 bits per heavy atom. The summed E-state index contributed by atoms with van der Waals surface area (Å²) in [4.78, 5) is 11.9. The Kier molecular flexibility index (Phi) is 7.41. The zero-order valence-corrected chi connectivity index (χ0v) is 21.2. The monoisotopic (exact) mass is 470 g/mol. The number of hydrogen-bond acceptors (Lipinski definition) is 8. The summed E-state index contributed by atoms with van der Waals surface area (Å²) in [6.07, 6.45) is 0.974. The van der Waals surface area contributed by atoms with Gasteiger partial charge in [-0.2, -0.15) is 0 Å². The summed E-state index contributed by atoms with van der Waals surface area (Å²) in [7, 11) is -2.79. The molecule has 3 heterocycles. The zero-order valence-electron chi connectivity index (χ0n) is 20.2. The smallest absolute Gasteiger partial charge is 0.350 e. The highest BCUT2D eigenvalue weighted by Gasteiger charge is 2.63. The second kappa shape index (κ2) is 9.29. The number of carbonyl (C=O) groups is 1. The van der Waals surface area contributed by atoms with E-state index in [9.17, 15) is 15.0 Å². The molecule has 0 spiro atoms. The van der Waals surface area contributed by atoms with Crippen molar-refractivity contribution in [1.82, 2.24) is 0 Å². The number of carbonyl (C=O) groups excluding carboxylic acids is 1. The van der Waals surface area contributed by atoms with Crippen LogP contribution in [0.4, 0.5) is 0 Å². The fourth-order valence-corrected chi connectivity index (χ4v) is 9.95. The average Bonchev–Trinajstić information content (AvgIpc) is 2.67. The van der Waals surface area contributed by atoms with Crippen molar-refractivity contribution >= 4 is 14.5 Å². The lowest BCUT2D eigenvalue weighted by molar-refractivity contribution is -0.150. The van der Waals surface area contributed by atoms with E-state index in [-0.39, 0.29) is 16.7 Å². The summed E-state index contributed by atoms with van der Waals surface area (Å²) < 4.78 is 30.5. The number of esters is 1. The van der Waals surface area contributed by atoms with Crippen molar-refractivity contribution in [2.24, 2.45) is 0 Å². The molecule has 3 rings (SSSR count). The van der Waals surface area contributed by atoms with E-state index in [1.54, 1.807) is 6.08 Å². The minimum absolute atomic E-state index is 0.220. The lowest BCUT2D eigenvalue weighted by Gasteiger charge is -2.55. The van der Waals surface area contributed by atoms with Crippen molar-refractivity contribution in [3.05, 3.63) is 23.5 Å². The first-order valence-corrected chi connectivity index (χ1v) is 13.1. The van der Waals surface area contributed by atoms with Crippen molar-refractivity contribution in [3.8, 4) is 0 Å². The molecule has 0 unspecified atom stereocenters. The summed E-state index contributed by atoms with van der Waals surface area (Å²) in [5.74, 6) is -0.00634. The SMILES string of the molecule is CC(=O)OC1=C[C@H](/C=C2\CCO[C@H](CO)[C@H]2O)O[C@@H]2CO[Si](C(C)(C)C)(C(C)(C)C)O[C@@H]12. The molecule has 2 N–H and O–H groups in total. The van der Waals surface area contributed by atoms with Gasteiger partial charge in [-0.3, -0.25) is 4.79 Å². The van der Waals surface area contributed by atoms with E-state index in [4.69, 9.17) is 23.1 Å². The van der Waals surface area contributed by atoms with Gasteiger partial charge in [0.05, 0.1) is 25.9 Å². The summed E-state index contributed by atoms with van der Waals surface area (Å²) >= 11 is 0. The molecule has 0 aromatic rings. The zero-order chi connectivity index (χ0) is 23.9. The minimum Gasteiger partial charge on any atom is -0.429 e. The van der Waals surface area contributed by atoms with Crippen LogP contribution in [-0.2, 0) is 27.9 Å². The highest BCUT2D eigenvalue weighted by Crippen LogP contribution is 2.55. The summed E-state index contributed by atoms with van der Waals surface area (Å²) in [5.41, 5.74) is 0.725. The predicted molar refractivity (Wildman–Crippen MR) is 120 cm³/mol. The van der Waals surface area contributed by atoms with E-state index in [0.29, 0.717) is 25.4 Å². The summed E-state index contributed by atoms with van der Waals surface area (Å²) in [6.45, 7) is 14.6. The number of ether oxygens (including phenoxy) is 3. The van der Waals surface area contributed by atoms with Crippen LogP contribution in [0.15, 0.2) is 23.5 Å². The van der Waals surface area contributed by atoms with Crippen LogP contribution in [0.2, 0.25) is 10.1 Å².